The van der Waals surface area contributed by atoms with Crippen molar-refractivity contribution in [1.29, 1.82) is 0 Å². The number of benzene rings is 1. The third-order valence-corrected chi connectivity index (χ3v) is 8.31. The van der Waals surface area contributed by atoms with Crippen molar-refractivity contribution in [1.82, 2.24) is 19.4 Å². The van der Waals surface area contributed by atoms with Crippen LogP contribution in [0.5, 0.6) is 0 Å². The Bertz CT molecular complexity index is 1010. The molecule has 1 aliphatic heterocycles. The van der Waals surface area contributed by atoms with E-state index in [9.17, 15) is 8.42 Å². The molecule has 4 rings (SSSR count). The first-order chi connectivity index (χ1) is 13.0. The molecule has 142 valence electrons. The van der Waals surface area contributed by atoms with Crippen LogP contribution in [0.1, 0.15) is 5.89 Å². The Hall–Kier alpha value is -1.59. The first-order valence-corrected chi connectivity index (χ1v) is 11.4. The van der Waals surface area contributed by atoms with Gasteiger partial charge in [-0.1, -0.05) is 18.2 Å². The molecule has 10 heteroatoms. The zero-order valence-electron chi connectivity index (χ0n) is 14.3. The molecule has 3 aromatic rings. The summed E-state index contributed by atoms with van der Waals surface area (Å²) in [6.45, 7) is 2.64. The molecular formula is C17H17BrN4O3S2. The van der Waals surface area contributed by atoms with Gasteiger partial charge in [0.05, 0.1) is 10.3 Å². The van der Waals surface area contributed by atoms with E-state index >= 15 is 0 Å². The van der Waals surface area contributed by atoms with Crippen molar-refractivity contribution >= 4 is 37.3 Å². The zero-order chi connectivity index (χ0) is 18.9. The molecule has 7 nitrogen and oxygen atoms in total. The van der Waals surface area contributed by atoms with Crippen LogP contribution in [-0.4, -0.2) is 54.0 Å². The van der Waals surface area contributed by atoms with Crippen LogP contribution in [0.3, 0.4) is 0 Å². The lowest BCUT2D eigenvalue weighted by Gasteiger charge is -2.32. The van der Waals surface area contributed by atoms with Gasteiger partial charge in [-0.15, -0.1) is 21.5 Å². The molecule has 0 atom stereocenters. The van der Waals surface area contributed by atoms with E-state index in [1.165, 1.54) is 15.6 Å². The second-order valence-electron chi connectivity index (χ2n) is 6.11. The fourth-order valence-electron chi connectivity index (χ4n) is 2.90. The summed E-state index contributed by atoms with van der Waals surface area (Å²) >= 11 is 4.55. The normalized spacial score (nSPS) is 16.6. The average molecular weight is 469 g/mol. The minimum absolute atomic E-state index is 0.368. The number of nitrogens with zero attached hydrogens (tertiary/aromatic N) is 4. The molecular weight excluding hydrogens is 452 g/mol. The smallest absolute Gasteiger partial charge is 0.252 e. The number of aromatic nitrogens is 2. The van der Waals surface area contributed by atoms with Crippen molar-refractivity contribution in [2.45, 2.75) is 10.8 Å². The molecule has 1 fully saturated rings. The standard InChI is InChI=1S/C17H17BrN4O3S2/c18-14-6-7-16(26-14)27(23,24)22-10-8-21(9-11-22)12-15-19-20-17(25-15)13-4-2-1-3-5-13/h1-7H,8-12H2. The van der Waals surface area contributed by atoms with Gasteiger partial charge in [-0.2, -0.15) is 4.31 Å². The average Bonchev–Trinajstić information content (AvgIpc) is 3.32. The summed E-state index contributed by atoms with van der Waals surface area (Å²) in [5.74, 6) is 1.03. The molecule has 0 amide bonds. The number of piperazine rings is 1. The zero-order valence-corrected chi connectivity index (χ0v) is 17.5. The van der Waals surface area contributed by atoms with Gasteiger partial charge in [0.25, 0.3) is 10.0 Å². The molecule has 2 aromatic heterocycles. The van der Waals surface area contributed by atoms with Crippen molar-refractivity contribution < 1.29 is 12.8 Å². The van der Waals surface area contributed by atoms with Crippen molar-refractivity contribution in [3.63, 3.8) is 0 Å². The molecule has 1 aromatic carbocycles. The number of halogens is 1. The highest BCUT2D eigenvalue weighted by atomic mass is 79.9. The maximum absolute atomic E-state index is 12.7. The number of thiophene rings is 1. The minimum atomic E-state index is -3.43. The highest BCUT2D eigenvalue weighted by Crippen LogP contribution is 2.29. The van der Waals surface area contributed by atoms with E-state index in [1.807, 2.05) is 30.3 Å². The lowest BCUT2D eigenvalue weighted by molar-refractivity contribution is 0.169. The molecule has 1 aliphatic rings. The SMILES string of the molecule is O=S(=O)(c1ccc(Br)s1)N1CCN(Cc2nnc(-c3ccccc3)o2)CC1. The van der Waals surface area contributed by atoms with E-state index < -0.39 is 10.0 Å². The summed E-state index contributed by atoms with van der Waals surface area (Å²) in [7, 11) is -3.43. The molecule has 0 unspecified atom stereocenters. The number of hydrogen-bond donors (Lipinski definition) is 0. The molecule has 27 heavy (non-hydrogen) atoms. The lowest BCUT2D eigenvalue weighted by atomic mass is 10.2. The van der Waals surface area contributed by atoms with Gasteiger partial charge in [-0.3, -0.25) is 4.90 Å². The summed E-state index contributed by atoms with van der Waals surface area (Å²) in [6, 6.07) is 13.0. The largest absolute Gasteiger partial charge is 0.419 e. The minimum Gasteiger partial charge on any atom is -0.419 e. The van der Waals surface area contributed by atoms with E-state index in [0.717, 1.165) is 9.35 Å². The Morgan fingerprint density at radius 3 is 2.44 bits per heavy atom. The van der Waals surface area contributed by atoms with E-state index in [2.05, 4.69) is 31.0 Å². The summed E-state index contributed by atoms with van der Waals surface area (Å²) < 4.78 is 33.8. The number of hydrogen-bond acceptors (Lipinski definition) is 7. The summed E-state index contributed by atoms with van der Waals surface area (Å²) in [6.07, 6.45) is 0. The van der Waals surface area contributed by atoms with E-state index in [0.29, 0.717) is 48.7 Å². The van der Waals surface area contributed by atoms with Gasteiger partial charge in [-0.25, -0.2) is 8.42 Å². The summed E-state index contributed by atoms with van der Waals surface area (Å²) in [5.41, 5.74) is 0.884. The lowest BCUT2D eigenvalue weighted by Crippen LogP contribution is -2.48. The van der Waals surface area contributed by atoms with Crippen molar-refractivity contribution in [3.8, 4) is 11.5 Å². The van der Waals surface area contributed by atoms with Crippen LogP contribution in [0.4, 0.5) is 0 Å². The van der Waals surface area contributed by atoms with Gasteiger partial charge < -0.3 is 4.42 Å². The topological polar surface area (TPSA) is 79.5 Å². The van der Waals surface area contributed by atoms with Crippen LogP contribution in [0, 0.1) is 0 Å². The fraction of sp³-hybridized carbons (Fsp3) is 0.294. The third kappa shape index (κ3) is 4.14. The van der Waals surface area contributed by atoms with E-state index in [4.69, 9.17) is 4.42 Å². The van der Waals surface area contributed by atoms with Crippen molar-refractivity contribution in [3.05, 3.63) is 52.1 Å². The van der Waals surface area contributed by atoms with Crippen LogP contribution in [0.2, 0.25) is 0 Å². The van der Waals surface area contributed by atoms with E-state index in [1.54, 1.807) is 12.1 Å². The van der Waals surface area contributed by atoms with Crippen molar-refractivity contribution in [2.24, 2.45) is 0 Å². The molecule has 0 radical (unpaired) electrons. The highest BCUT2D eigenvalue weighted by Gasteiger charge is 2.30. The molecule has 0 spiro atoms. The Morgan fingerprint density at radius 1 is 1.04 bits per heavy atom. The second kappa shape index (κ2) is 7.80. The Kier molecular flexibility index (Phi) is 5.42. The molecule has 1 saturated heterocycles. The van der Waals surface area contributed by atoms with Gasteiger partial charge in [0.1, 0.15) is 4.21 Å². The maximum atomic E-state index is 12.7. The van der Waals surface area contributed by atoms with Gasteiger partial charge in [0.2, 0.25) is 11.8 Å². The van der Waals surface area contributed by atoms with Crippen LogP contribution < -0.4 is 0 Å². The molecule has 0 N–H and O–H groups in total. The van der Waals surface area contributed by atoms with Gasteiger partial charge >= 0.3 is 0 Å². The number of sulfonamides is 1. The predicted octanol–water partition coefficient (Wildman–Crippen LogP) is 3.07. The second-order valence-corrected chi connectivity index (χ2v) is 10.7. The van der Waals surface area contributed by atoms with Crippen LogP contribution in [0.25, 0.3) is 11.5 Å². The van der Waals surface area contributed by atoms with E-state index in [-0.39, 0.29) is 0 Å². The van der Waals surface area contributed by atoms with Gasteiger partial charge in [-0.05, 0) is 40.2 Å². The Labute approximate surface area is 169 Å². The molecule has 0 saturated carbocycles. The van der Waals surface area contributed by atoms with Gasteiger partial charge in [0, 0.05) is 31.7 Å². The first-order valence-electron chi connectivity index (χ1n) is 8.38. The highest BCUT2D eigenvalue weighted by molar-refractivity contribution is 9.11. The maximum Gasteiger partial charge on any atom is 0.252 e. The van der Waals surface area contributed by atoms with Crippen LogP contribution in [0.15, 0.2) is 54.9 Å². The summed E-state index contributed by atoms with van der Waals surface area (Å²) in [5, 5.41) is 8.21. The fourth-order valence-corrected chi connectivity index (χ4v) is 6.48. The Morgan fingerprint density at radius 2 is 1.78 bits per heavy atom. The quantitative estimate of drug-likeness (QED) is 0.572. The Balaban J connectivity index is 1.37. The number of rotatable bonds is 5. The molecule has 0 aliphatic carbocycles. The van der Waals surface area contributed by atoms with Crippen molar-refractivity contribution in [2.75, 3.05) is 26.2 Å². The van der Waals surface area contributed by atoms with Crippen LogP contribution in [-0.2, 0) is 16.6 Å². The van der Waals surface area contributed by atoms with Gasteiger partial charge in [0.15, 0.2) is 0 Å². The first kappa shape index (κ1) is 18.8. The van der Waals surface area contributed by atoms with Crippen LogP contribution >= 0.6 is 27.3 Å². The summed E-state index contributed by atoms with van der Waals surface area (Å²) in [4.78, 5) is 2.12. The molecule has 0 bridgehead atoms. The molecule has 3 heterocycles. The monoisotopic (exact) mass is 468 g/mol. The predicted molar refractivity (Wildman–Crippen MR) is 106 cm³/mol. The third-order valence-electron chi connectivity index (χ3n) is 4.32.